The summed E-state index contributed by atoms with van der Waals surface area (Å²) in [6, 6.07) is 8.30. The molecular formula is C22H26ClN7O3S. The van der Waals surface area contributed by atoms with Crippen LogP contribution in [0.15, 0.2) is 36.5 Å². The molecule has 2 fully saturated rings. The van der Waals surface area contributed by atoms with Gasteiger partial charge >= 0.3 is 0 Å². The van der Waals surface area contributed by atoms with E-state index in [2.05, 4.69) is 9.62 Å². The van der Waals surface area contributed by atoms with Gasteiger partial charge in [-0.2, -0.15) is 5.10 Å². The van der Waals surface area contributed by atoms with E-state index in [4.69, 9.17) is 27.4 Å². The van der Waals surface area contributed by atoms with Gasteiger partial charge in [0.05, 0.1) is 29.2 Å². The van der Waals surface area contributed by atoms with Gasteiger partial charge < -0.3 is 15.5 Å². The maximum atomic E-state index is 13.6. The largest absolute Gasteiger partial charge is 0.353 e. The van der Waals surface area contributed by atoms with Gasteiger partial charge in [0.15, 0.2) is 5.65 Å². The van der Waals surface area contributed by atoms with Crippen LogP contribution < -0.4 is 15.4 Å². The smallest absolute Gasteiger partial charge is 0.256 e. The first kappa shape index (κ1) is 22.9. The highest BCUT2D eigenvalue weighted by Gasteiger charge is 2.32. The van der Waals surface area contributed by atoms with Gasteiger partial charge in [-0.15, -0.1) is 0 Å². The number of anilines is 2. The number of aromatic nitrogens is 3. The lowest BCUT2D eigenvalue weighted by Crippen LogP contribution is -2.56. The molecule has 10 nitrogen and oxygen atoms in total. The molecule has 4 heterocycles. The van der Waals surface area contributed by atoms with Crippen LogP contribution in [-0.2, 0) is 10.0 Å². The fraction of sp³-hybridized carbons (Fsp3) is 0.409. The molecule has 2 aliphatic heterocycles. The molecule has 5 rings (SSSR count). The quantitative estimate of drug-likeness (QED) is 0.547. The number of carbonyl (C=O) groups is 1. The first-order valence-corrected chi connectivity index (χ1v) is 13.4. The van der Waals surface area contributed by atoms with Crippen LogP contribution in [0, 0.1) is 0 Å². The monoisotopic (exact) mass is 503 g/mol. The Morgan fingerprint density at radius 3 is 2.74 bits per heavy atom. The maximum absolute atomic E-state index is 13.6. The summed E-state index contributed by atoms with van der Waals surface area (Å²) in [4.78, 5) is 22.2. The van der Waals surface area contributed by atoms with Crippen LogP contribution in [0.25, 0.3) is 5.65 Å². The summed E-state index contributed by atoms with van der Waals surface area (Å²) in [6.45, 7) is 2.09. The third-order valence-corrected chi connectivity index (χ3v) is 7.00. The Hall–Kier alpha value is -2.89. The van der Waals surface area contributed by atoms with E-state index >= 15 is 0 Å². The minimum absolute atomic E-state index is 0.175. The molecule has 180 valence electrons. The van der Waals surface area contributed by atoms with E-state index in [1.807, 2.05) is 18.3 Å². The number of sulfonamides is 1. The molecule has 0 unspecified atom stereocenters. The zero-order valence-corrected chi connectivity index (χ0v) is 20.3. The Morgan fingerprint density at radius 1 is 1.21 bits per heavy atom. The number of rotatable bonds is 5. The normalized spacial score (nSPS) is 19.3. The van der Waals surface area contributed by atoms with Crippen molar-refractivity contribution in [2.24, 2.45) is 5.73 Å². The van der Waals surface area contributed by atoms with Crippen molar-refractivity contribution in [3.05, 3.63) is 52.8 Å². The van der Waals surface area contributed by atoms with Gasteiger partial charge in [0.1, 0.15) is 5.82 Å². The van der Waals surface area contributed by atoms with Crippen LogP contribution in [0.3, 0.4) is 0 Å². The third kappa shape index (κ3) is 4.55. The number of fused-ring (bicyclic) bond motifs is 1. The van der Waals surface area contributed by atoms with Gasteiger partial charge in [0.25, 0.3) is 5.91 Å². The molecule has 3 aromatic rings. The van der Waals surface area contributed by atoms with E-state index in [9.17, 15) is 13.2 Å². The summed E-state index contributed by atoms with van der Waals surface area (Å²) in [5.41, 5.74) is 7.76. The van der Waals surface area contributed by atoms with Crippen LogP contribution in [-0.4, -0.2) is 65.8 Å². The summed E-state index contributed by atoms with van der Waals surface area (Å²) in [7, 11) is -3.57. The number of nitrogens with zero attached hydrogens (tertiary/aromatic N) is 5. The number of amides is 1. The van der Waals surface area contributed by atoms with Crippen LogP contribution in [0.5, 0.6) is 0 Å². The Kier molecular flexibility index (Phi) is 5.86. The van der Waals surface area contributed by atoms with Crippen molar-refractivity contribution in [1.82, 2.24) is 19.5 Å². The average molecular weight is 504 g/mol. The molecule has 0 aliphatic carbocycles. The number of nitrogens with one attached hydrogen (secondary N) is 1. The van der Waals surface area contributed by atoms with Gasteiger partial charge in [-0.3, -0.25) is 9.52 Å². The number of piperidine rings is 1. The average Bonchev–Trinajstić information content (AvgIpc) is 3.20. The van der Waals surface area contributed by atoms with Gasteiger partial charge in [0.2, 0.25) is 10.0 Å². The van der Waals surface area contributed by atoms with E-state index < -0.39 is 10.0 Å². The van der Waals surface area contributed by atoms with Crippen molar-refractivity contribution in [1.29, 1.82) is 0 Å². The van der Waals surface area contributed by atoms with E-state index in [0.717, 1.165) is 50.1 Å². The van der Waals surface area contributed by atoms with Gasteiger partial charge in [-0.25, -0.2) is 17.9 Å². The first-order valence-electron chi connectivity index (χ1n) is 11.1. The van der Waals surface area contributed by atoms with Gasteiger partial charge in [-0.05, 0) is 43.5 Å². The van der Waals surface area contributed by atoms with Crippen molar-refractivity contribution in [3.8, 4) is 0 Å². The summed E-state index contributed by atoms with van der Waals surface area (Å²) in [5.74, 6) is 0.561. The van der Waals surface area contributed by atoms with Crippen LogP contribution in [0.2, 0.25) is 5.02 Å². The molecule has 1 amide bonds. The third-order valence-electron chi connectivity index (χ3n) is 6.18. The molecule has 1 atom stereocenters. The van der Waals surface area contributed by atoms with Crippen molar-refractivity contribution in [3.63, 3.8) is 0 Å². The van der Waals surface area contributed by atoms with Crippen LogP contribution in [0.1, 0.15) is 41.4 Å². The van der Waals surface area contributed by atoms with Gasteiger partial charge in [-0.1, -0.05) is 11.6 Å². The molecule has 0 bridgehead atoms. The molecule has 1 aromatic carbocycles. The molecule has 2 aromatic heterocycles. The Morgan fingerprint density at radius 2 is 2.00 bits per heavy atom. The lowest BCUT2D eigenvalue weighted by atomic mass is 9.98. The zero-order chi connectivity index (χ0) is 24.0. The second-order valence-corrected chi connectivity index (χ2v) is 11.1. The van der Waals surface area contributed by atoms with E-state index in [0.29, 0.717) is 17.2 Å². The summed E-state index contributed by atoms with van der Waals surface area (Å²) >= 11 is 6.16. The van der Waals surface area contributed by atoms with Crippen molar-refractivity contribution in [2.75, 3.05) is 35.5 Å². The molecule has 2 aliphatic rings. The number of benzene rings is 1. The minimum atomic E-state index is -3.57. The predicted octanol–water partition coefficient (Wildman–Crippen LogP) is 2.27. The number of hydrogen-bond acceptors (Lipinski definition) is 7. The predicted molar refractivity (Wildman–Crippen MR) is 131 cm³/mol. The highest BCUT2D eigenvalue weighted by atomic mass is 35.5. The number of carbonyl (C=O) groups excluding carboxylic acids is 1. The maximum Gasteiger partial charge on any atom is 0.256 e. The van der Waals surface area contributed by atoms with E-state index in [-0.39, 0.29) is 29.2 Å². The number of likely N-dealkylation sites (tertiary alicyclic amines) is 1. The fourth-order valence-electron chi connectivity index (χ4n) is 4.55. The number of halogens is 1. The summed E-state index contributed by atoms with van der Waals surface area (Å²) in [5, 5.41) is 5.05. The van der Waals surface area contributed by atoms with Crippen molar-refractivity contribution < 1.29 is 13.2 Å². The molecule has 0 spiro atoms. The molecule has 2 saturated heterocycles. The Balaban J connectivity index is 1.46. The lowest BCUT2D eigenvalue weighted by molar-refractivity contribution is 0.0607. The Labute approximate surface area is 202 Å². The van der Waals surface area contributed by atoms with Crippen molar-refractivity contribution >= 4 is 44.7 Å². The van der Waals surface area contributed by atoms with Gasteiger partial charge in [0, 0.05) is 43.0 Å². The topological polar surface area (TPSA) is 126 Å². The number of nitrogens with two attached hydrogens (primary N) is 1. The molecule has 0 radical (unpaired) electrons. The zero-order valence-electron chi connectivity index (χ0n) is 18.7. The highest BCUT2D eigenvalue weighted by Crippen LogP contribution is 2.34. The minimum Gasteiger partial charge on any atom is -0.353 e. The summed E-state index contributed by atoms with van der Waals surface area (Å²) in [6.07, 6.45) is 5.47. The lowest BCUT2D eigenvalue weighted by Gasteiger charge is -2.37. The van der Waals surface area contributed by atoms with Crippen LogP contribution in [0.4, 0.5) is 11.5 Å². The molecule has 12 heteroatoms. The summed E-state index contributed by atoms with van der Waals surface area (Å²) < 4.78 is 27.8. The molecule has 34 heavy (non-hydrogen) atoms. The van der Waals surface area contributed by atoms with Crippen LogP contribution >= 0.6 is 11.6 Å². The number of hydrogen-bond donors (Lipinski definition) is 2. The second-order valence-electron chi connectivity index (χ2n) is 8.90. The highest BCUT2D eigenvalue weighted by molar-refractivity contribution is 7.92. The molecule has 0 saturated carbocycles. The second kappa shape index (κ2) is 8.71. The Bertz CT molecular complexity index is 1350. The van der Waals surface area contributed by atoms with E-state index in [1.54, 1.807) is 15.5 Å². The SMILES string of the molecule is CS(=O)(=O)Nc1ccc(Cl)cc1C(=O)N1CCCC[C@H]1c1cc2nc(N3CC(N)C3)ccn2n1. The first-order chi connectivity index (χ1) is 16.2. The standard InChI is InChI=1S/C22H26ClN7O3S/c1-34(32,33)27-17-6-5-14(23)10-16(17)22(31)29-8-3-2-4-19(29)18-11-21-25-20(7-9-30(21)26-18)28-12-15(24)13-28/h5-7,9-11,15,19,27H,2-4,8,12-13,24H2,1H3/t19-/m0/s1. The molecular weight excluding hydrogens is 478 g/mol. The fourth-order valence-corrected chi connectivity index (χ4v) is 5.30. The molecule has 3 N–H and O–H groups in total. The van der Waals surface area contributed by atoms with Crippen molar-refractivity contribution in [2.45, 2.75) is 31.3 Å². The van der Waals surface area contributed by atoms with E-state index in [1.165, 1.54) is 12.1 Å².